The molecule has 1 aromatic heterocycles. The Morgan fingerprint density at radius 3 is 2.03 bits per heavy atom. The fourth-order valence-corrected chi connectivity index (χ4v) is 4.05. The number of nitro groups is 3. The lowest BCUT2D eigenvalue weighted by Crippen LogP contribution is -2.02. The van der Waals surface area contributed by atoms with Gasteiger partial charge in [-0.3, -0.25) is 30.3 Å². The van der Waals surface area contributed by atoms with E-state index in [9.17, 15) is 30.3 Å². The number of aromatic nitrogens is 1. The summed E-state index contributed by atoms with van der Waals surface area (Å²) in [5.41, 5.74) is 1.12. The van der Waals surface area contributed by atoms with Crippen molar-refractivity contribution in [3.8, 4) is 16.8 Å². The van der Waals surface area contributed by atoms with Gasteiger partial charge in [-0.05, 0) is 35.9 Å². The van der Waals surface area contributed by atoms with Gasteiger partial charge in [-0.2, -0.15) is 0 Å². The Hall–Kier alpha value is -5.19. The summed E-state index contributed by atoms with van der Waals surface area (Å²) in [7, 11) is 0. The minimum Gasteiger partial charge on any atom is -0.322 e. The van der Waals surface area contributed by atoms with E-state index in [-0.39, 0.29) is 28.1 Å². The second-order valence-electron chi connectivity index (χ2n) is 7.43. The first kappa shape index (κ1) is 20.7. The molecule has 0 fully saturated rings. The van der Waals surface area contributed by atoms with Crippen LogP contribution in [0, 0.1) is 30.3 Å². The number of rotatable bonds is 5. The van der Waals surface area contributed by atoms with Crippen LogP contribution in [0.5, 0.6) is 0 Å². The van der Waals surface area contributed by atoms with Crippen LogP contribution in [0.25, 0.3) is 16.8 Å². The minimum absolute atomic E-state index is 0.137. The molecule has 166 valence electrons. The maximum absolute atomic E-state index is 11.8. The van der Waals surface area contributed by atoms with Gasteiger partial charge in [0.25, 0.3) is 17.1 Å². The number of hydrogen-bond acceptors (Lipinski definition) is 7. The van der Waals surface area contributed by atoms with E-state index in [4.69, 9.17) is 4.99 Å². The quantitative estimate of drug-likeness (QED) is 0.258. The second kappa shape index (κ2) is 7.74. The van der Waals surface area contributed by atoms with Gasteiger partial charge < -0.3 is 4.57 Å². The van der Waals surface area contributed by atoms with Gasteiger partial charge in [-0.25, -0.2) is 4.99 Å². The van der Waals surface area contributed by atoms with E-state index in [1.54, 1.807) is 12.1 Å². The van der Waals surface area contributed by atoms with E-state index in [1.807, 2.05) is 41.2 Å². The van der Waals surface area contributed by atoms with Crippen LogP contribution in [0.1, 0.15) is 11.1 Å². The molecule has 0 saturated heterocycles. The molecule has 5 rings (SSSR count). The fraction of sp³-hybridized carbons (Fsp3) is 0. The zero-order chi connectivity index (χ0) is 24.0. The van der Waals surface area contributed by atoms with Gasteiger partial charge in [0, 0.05) is 41.7 Å². The molecule has 4 aromatic rings. The highest BCUT2D eigenvalue weighted by atomic mass is 16.6. The van der Waals surface area contributed by atoms with Crippen molar-refractivity contribution in [2.45, 2.75) is 0 Å². The zero-order valence-electron chi connectivity index (χ0n) is 17.2. The molecule has 0 atom stereocenters. The van der Waals surface area contributed by atoms with Crippen molar-refractivity contribution < 1.29 is 14.8 Å². The first-order valence-electron chi connectivity index (χ1n) is 9.92. The highest BCUT2D eigenvalue weighted by Crippen LogP contribution is 2.46. The molecule has 3 aromatic carbocycles. The molecule has 0 radical (unpaired) electrons. The van der Waals surface area contributed by atoms with Crippen LogP contribution in [0.4, 0.5) is 22.7 Å². The molecule has 1 aliphatic carbocycles. The summed E-state index contributed by atoms with van der Waals surface area (Å²) in [4.78, 5) is 37.5. The molecule has 0 bridgehead atoms. The summed E-state index contributed by atoms with van der Waals surface area (Å²) in [5, 5.41) is 34.8. The summed E-state index contributed by atoms with van der Waals surface area (Å²) < 4.78 is 1.82. The fourth-order valence-electron chi connectivity index (χ4n) is 4.05. The number of non-ortho nitro benzene ring substituents is 2. The van der Waals surface area contributed by atoms with Gasteiger partial charge >= 0.3 is 0 Å². The van der Waals surface area contributed by atoms with Gasteiger partial charge in [0.1, 0.15) is 0 Å². The number of hydrogen-bond donors (Lipinski definition) is 0. The van der Waals surface area contributed by atoms with Gasteiger partial charge in [0.2, 0.25) is 0 Å². The van der Waals surface area contributed by atoms with Crippen molar-refractivity contribution in [1.29, 1.82) is 0 Å². The third kappa shape index (κ3) is 3.28. The number of para-hydroxylation sites is 2. The molecular formula is C23H13N5O6. The van der Waals surface area contributed by atoms with Crippen LogP contribution in [-0.4, -0.2) is 25.0 Å². The van der Waals surface area contributed by atoms with Gasteiger partial charge in [0.05, 0.1) is 43.5 Å². The number of benzene rings is 3. The highest BCUT2D eigenvalue weighted by Gasteiger charge is 2.36. The minimum atomic E-state index is -0.718. The van der Waals surface area contributed by atoms with Crippen LogP contribution >= 0.6 is 0 Å². The molecule has 0 saturated carbocycles. The summed E-state index contributed by atoms with van der Waals surface area (Å²) in [5.74, 6) is 0. The van der Waals surface area contributed by atoms with Crippen LogP contribution < -0.4 is 0 Å². The van der Waals surface area contributed by atoms with E-state index in [0.717, 1.165) is 6.07 Å². The maximum atomic E-state index is 11.8. The van der Waals surface area contributed by atoms with Crippen molar-refractivity contribution >= 4 is 28.5 Å². The number of nitrogens with zero attached hydrogens (tertiary/aromatic N) is 5. The molecule has 1 heterocycles. The van der Waals surface area contributed by atoms with E-state index >= 15 is 0 Å². The van der Waals surface area contributed by atoms with E-state index in [1.165, 1.54) is 24.3 Å². The normalized spacial score (nSPS) is 12.9. The average molecular weight is 455 g/mol. The van der Waals surface area contributed by atoms with E-state index < -0.39 is 26.1 Å². The van der Waals surface area contributed by atoms with Gasteiger partial charge in [-0.15, -0.1) is 0 Å². The summed E-state index contributed by atoms with van der Waals surface area (Å²) in [6.07, 6.45) is 3.63. The number of nitro benzene ring substituents is 3. The molecular weight excluding hydrogens is 442 g/mol. The third-order valence-electron chi connectivity index (χ3n) is 5.50. The summed E-state index contributed by atoms with van der Waals surface area (Å²) in [6, 6.07) is 16.8. The Morgan fingerprint density at radius 1 is 0.676 bits per heavy atom. The average Bonchev–Trinajstić information content (AvgIpc) is 3.45. The van der Waals surface area contributed by atoms with Crippen LogP contribution in [0.15, 0.2) is 84.1 Å². The molecule has 11 heteroatoms. The Morgan fingerprint density at radius 2 is 1.35 bits per heavy atom. The Bertz CT molecular complexity index is 1540. The van der Waals surface area contributed by atoms with Crippen LogP contribution in [0.3, 0.4) is 0 Å². The molecule has 0 amide bonds. The molecule has 1 aliphatic rings. The molecule has 11 nitrogen and oxygen atoms in total. The van der Waals surface area contributed by atoms with Crippen LogP contribution in [-0.2, 0) is 0 Å². The predicted molar refractivity (Wildman–Crippen MR) is 123 cm³/mol. The Balaban J connectivity index is 1.85. The largest absolute Gasteiger partial charge is 0.322 e. The smallest absolute Gasteiger partial charge is 0.284 e. The maximum Gasteiger partial charge on any atom is 0.284 e. The lowest BCUT2D eigenvalue weighted by Gasteiger charge is -2.09. The lowest BCUT2D eigenvalue weighted by atomic mass is 10.0. The molecule has 0 aliphatic heterocycles. The highest BCUT2D eigenvalue weighted by molar-refractivity contribution is 6.27. The van der Waals surface area contributed by atoms with E-state index in [2.05, 4.69) is 0 Å². The van der Waals surface area contributed by atoms with Crippen molar-refractivity contribution in [1.82, 2.24) is 4.57 Å². The third-order valence-corrected chi connectivity index (χ3v) is 5.50. The first-order valence-corrected chi connectivity index (χ1v) is 9.92. The van der Waals surface area contributed by atoms with Gasteiger partial charge in [0.15, 0.2) is 0 Å². The first-order chi connectivity index (χ1) is 16.3. The Labute approximate surface area is 190 Å². The van der Waals surface area contributed by atoms with Crippen molar-refractivity contribution in [3.63, 3.8) is 0 Å². The zero-order valence-corrected chi connectivity index (χ0v) is 17.2. The number of aliphatic imine (C=N–C) groups is 1. The van der Waals surface area contributed by atoms with Crippen molar-refractivity contribution in [2.24, 2.45) is 4.99 Å². The van der Waals surface area contributed by atoms with Crippen molar-refractivity contribution in [3.05, 3.63) is 121 Å². The second-order valence-corrected chi connectivity index (χ2v) is 7.43. The van der Waals surface area contributed by atoms with Crippen molar-refractivity contribution in [2.75, 3.05) is 0 Å². The standard InChI is InChI=1S/C23H13N5O6/c29-26(30)14-7-8-16-17(11-14)23(18-12-15(27(31)32)13-21(22(16)18)28(33)34)24-19-5-1-2-6-20(19)25-9-3-4-10-25/h1-13H. The van der Waals surface area contributed by atoms with E-state index in [0.29, 0.717) is 16.9 Å². The molecule has 0 spiro atoms. The Kier molecular flexibility index (Phi) is 4.71. The van der Waals surface area contributed by atoms with Gasteiger partial charge in [-0.1, -0.05) is 12.1 Å². The summed E-state index contributed by atoms with van der Waals surface area (Å²) >= 11 is 0. The predicted octanol–water partition coefficient (Wildman–Crippen LogP) is 5.35. The lowest BCUT2D eigenvalue weighted by molar-refractivity contribution is -0.393. The SMILES string of the molecule is O=[N+]([O-])c1ccc2c(c1)C(=Nc1ccccc1-n1cccc1)c1cc([N+](=O)[O-])cc([N+](=O)[O-])c1-2. The summed E-state index contributed by atoms with van der Waals surface area (Å²) in [6.45, 7) is 0. The topological polar surface area (TPSA) is 147 Å². The molecule has 0 unspecified atom stereocenters. The van der Waals surface area contributed by atoms with Crippen LogP contribution in [0.2, 0.25) is 0 Å². The molecule has 34 heavy (non-hydrogen) atoms. The monoisotopic (exact) mass is 455 g/mol. The molecule has 0 N–H and O–H groups in total. The number of fused-ring (bicyclic) bond motifs is 3.